The van der Waals surface area contributed by atoms with E-state index < -0.39 is 0 Å². The fraction of sp³-hybridized carbons (Fsp3) is 0.727. The summed E-state index contributed by atoms with van der Waals surface area (Å²) in [6, 6.07) is 0. The summed E-state index contributed by atoms with van der Waals surface area (Å²) in [7, 11) is 0. The van der Waals surface area contributed by atoms with Gasteiger partial charge in [0.25, 0.3) is 0 Å². The second-order valence-corrected chi connectivity index (χ2v) is 3.87. The van der Waals surface area contributed by atoms with Crippen molar-refractivity contribution in [1.82, 2.24) is 4.90 Å². The van der Waals surface area contributed by atoms with Crippen molar-refractivity contribution >= 4 is 6.29 Å². The minimum absolute atomic E-state index is 0.544. The zero-order valence-electron chi connectivity index (χ0n) is 8.46. The Bertz CT molecular complexity index is 189. The van der Waals surface area contributed by atoms with Crippen LogP contribution >= 0.6 is 0 Å². The fourth-order valence-corrected chi connectivity index (χ4v) is 1.98. The molecule has 0 spiro atoms. The molecule has 74 valence electrons. The molecule has 2 heteroatoms. The summed E-state index contributed by atoms with van der Waals surface area (Å²) < 4.78 is 0. The molecule has 1 unspecified atom stereocenters. The van der Waals surface area contributed by atoms with Crippen molar-refractivity contribution < 1.29 is 4.79 Å². The third kappa shape index (κ3) is 3.31. The van der Waals surface area contributed by atoms with Gasteiger partial charge in [-0.05, 0) is 31.8 Å². The van der Waals surface area contributed by atoms with Crippen molar-refractivity contribution in [3.63, 3.8) is 0 Å². The molecule has 2 nitrogen and oxygen atoms in total. The maximum Gasteiger partial charge on any atom is 0.124 e. The number of hydrogen-bond acceptors (Lipinski definition) is 2. The topological polar surface area (TPSA) is 20.3 Å². The van der Waals surface area contributed by atoms with Crippen molar-refractivity contribution in [2.24, 2.45) is 5.92 Å². The molecular formula is C11H19NO. The van der Waals surface area contributed by atoms with Gasteiger partial charge in [-0.3, -0.25) is 0 Å². The van der Waals surface area contributed by atoms with E-state index in [1.54, 1.807) is 0 Å². The molecule has 1 aliphatic rings. The Kier molecular flexibility index (Phi) is 4.16. The van der Waals surface area contributed by atoms with Crippen LogP contribution in [-0.2, 0) is 4.79 Å². The van der Waals surface area contributed by atoms with Crippen molar-refractivity contribution in [1.29, 1.82) is 0 Å². The lowest BCUT2D eigenvalue weighted by Crippen LogP contribution is -2.19. The van der Waals surface area contributed by atoms with E-state index in [2.05, 4.69) is 18.4 Å². The van der Waals surface area contributed by atoms with E-state index in [0.29, 0.717) is 6.42 Å². The highest BCUT2D eigenvalue weighted by atomic mass is 16.1. The van der Waals surface area contributed by atoms with Gasteiger partial charge in [-0.1, -0.05) is 19.1 Å². The van der Waals surface area contributed by atoms with Crippen LogP contribution in [0, 0.1) is 5.92 Å². The van der Waals surface area contributed by atoms with Crippen LogP contribution in [0.25, 0.3) is 0 Å². The molecule has 1 heterocycles. The second-order valence-electron chi connectivity index (χ2n) is 3.87. The summed E-state index contributed by atoms with van der Waals surface area (Å²) >= 11 is 0. The molecule has 0 aromatic carbocycles. The smallest absolute Gasteiger partial charge is 0.124 e. The first-order valence-electron chi connectivity index (χ1n) is 5.09. The highest BCUT2D eigenvalue weighted by Crippen LogP contribution is 2.22. The van der Waals surface area contributed by atoms with Crippen LogP contribution in [0.2, 0.25) is 0 Å². The first-order chi connectivity index (χ1) is 6.26. The normalized spacial score (nSPS) is 23.3. The van der Waals surface area contributed by atoms with E-state index in [0.717, 1.165) is 30.7 Å². The average molecular weight is 181 g/mol. The van der Waals surface area contributed by atoms with Gasteiger partial charge in [0, 0.05) is 13.0 Å². The molecule has 0 aromatic rings. The number of hydrogen-bond donors (Lipinski definition) is 0. The van der Waals surface area contributed by atoms with Crippen LogP contribution in [0.1, 0.15) is 26.2 Å². The third-order valence-corrected chi connectivity index (χ3v) is 2.77. The Balaban J connectivity index is 2.23. The first kappa shape index (κ1) is 10.5. The maximum atomic E-state index is 10.2. The average Bonchev–Trinajstić information content (AvgIpc) is 2.52. The summed E-state index contributed by atoms with van der Waals surface area (Å²) in [5.41, 5.74) is 1.10. The van der Waals surface area contributed by atoms with Gasteiger partial charge in [-0.25, -0.2) is 0 Å². The molecule has 1 rings (SSSR count). The number of rotatable bonds is 5. The number of nitrogens with zero attached hydrogens (tertiary/aromatic N) is 1. The van der Waals surface area contributed by atoms with Crippen molar-refractivity contribution in [2.75, 3.05) is 19.6 Å². The molecule has 0 radical (unpaired) electrons. The van der Waals surface area contributed by atoms with Crippen molar-refractivity contribution in [3.8, 4) is 0 Å². The largest absolute Gasteiger partial charge is 0.303 e. The van der Waals surface area contributed by atoms with Gasteiger partial charge in [-0.15, -0.1) is 0 Å². The Labute approximate surface area is 80.6 Å². The van der Waals surface area contributed by atoms with Crippen LogP contribution < -0.4 is 0 Å². The van der Waals surface area contributed by atoms with Crippen LogP contribution in [0.4, 0.5) is 0 Å². The molecule has 1 atom stereocenters. The molecule has 0 amide bonds. The van der Waals surface area contributed by atoms with E-state index in [4.69, 9.17) is 0 Å². The second kappa shape index (κ2) is 5.18. The number of likely N-dealkylation sites (tertiary alicyclic amines) is 1. The fourth-order valence-electron chi connectivity index (χ4n) is 1.98. The standard InChI is InChI=1S/C11H19NO/c1-3-12-6-4-11(9-12)8-10(2)5-7-13/h7,11H,2-6,8-9H2,1H3. The molecule has 1 aliphatic heterocycles. The Morgan fingerprint density at radius 3 is 3.00 bits per heavy atom. The van der Waals surface area contributed by atoms with Gasteiger partial charge in [0.15, 0.2) is 0 Å². The summed E-state index contributed by atoms with van der Waals surface area (Å²) in [6.07, 6.45) is 3.80. The monoisotopic (exact) mass is 181 g/mol. The molecule has 1 saturated heterocycles. The number of aldehydes is 1. The Morgan fingerprint density at radius 1 is 1.69 bits per heavy atom. The lowest BCUT2D eigenvalue weighted by Gasteiger charge is -2.13. The molecule has 0 aliphatic carbocycles. The molecule has 1 fully saturated rings. The molecular weight excluding hydrogens is 162 g/mol. The van der Waals surface area contributed by atoms with Crippen molar-refractivity contribution in [3.05, 3.63) is 12.2 Å². The lowest BCUT2D eigenvalue weighted by atomic mass is 9.98. The van der Waals surface area contributed by atoms with Gasteiger partial charge in [0.1, 0.15) is 6.29 Å². The minimum atomic E-state index is 0.544. The van der Waals surface area contributed by atoms with Gasteiger partial charge in [0.2, 0.25) is 0 Å². The van der Waals surface area contributed by atoms with Gasteiger partial charge < -0.3 is 9.69 Å². The maximum absolute atomic E-state index is 10.2. The predicted octanol–water partition coefficient (Wildman–Crippen LogP) is 1.86. The van der Waals surface area contributed by atoms with E-state index in [1.165, 1.54) is 19.5 Å². The summed E-state index contributed by atoms with van der Waals surface area (Å²) in [4.78, 5) is 12.7. The molecule has 0 N–H and O–H groups in total. The molecule has 13 heavy (non-hydrogen) atoms. The molecule has 0 bridgehead atoms. The SMILES string of the molecule is C=C(CC=O)CC1CCN(CC)C1. The summed E-state index contributed by atoms with van der Waals surface area (Å²) in [5.74, 6) is 0.743. The summed E-state index contributed by atoms with van der Waals surface area (Å²) in [5, 5.41) is 0. The van der Waals surface area contributed by atoms with Crippen LogP contribution in [0.5, 0.6) is 0 Å². The van der Waals surface area contributed by atoms with Crippen LogP contribution in [0.15, 0.2) is 12.2 Å². The first-order valence-corrected chi connectivity index (χ1v) is 5.09. The van der Waals surface area contributed by atoms with Gasteiger partial charge in [0.05, 0.1) is 0 Å². The van der Waals surface area contributed by atoms with E-state index in [-0.39, 0.29) is 0 Å². The predicted molar refractivity (Wildman–Crippen MR) is 54.7 cm³/mol. The molecule has 0 aromatic heterocycles. The third-order valence-electron chi connectivity index (χ3n) is 2.77. The number of carbonyl (C=O) groups is 1. The minimum Gasteiger partial charge on any atom is -0.303 e. The van der Waals surface area contributed by atoms with Crippen LogP contribution in [-0.4, -0.2) is 30.8 Å². The quantitative estimate of drug-likeness (QED) is 0.476. The lowest BCUT2D eigenvalue weighted by molar-refractivity contribution is -0.107. The van der Waals surface area contributed by atoms with Crippen LogP contribution in [0.3, 0.4) is 0 Å². The summed E-state index contributed by atoms with van der Waals surface area (Å²) in [6.45, 7) is 9.66. The number of allylic oxidation sites excluding steroid dienone is 1. The zero-order chi connectivity index (χ0) is 9.68. The molecule has 0 saturated carbocycles. The van der Waals surface area contributed by atoms with Crippen molar-refractivity contribution in [2.45, 2.75) is 26.2 Å². The van der Waals surface area contributed by atoms with E-state index in [9.17, 15) is 4.79 Å². The zero-order valence-corrected chi connectivity index (χ0v) is 8.46. The van der Waals surface area contributed by atoms with Gasteiger partial charge >= 0.3 is 0 Å². The Hall–Kier alpha value is -0.630. The Morgan fingerprint density at radius 2 is 2.46 bits per heavy atom. The van der Waals surface area contributed by atoms with E-state index >= 15 is 0 Å². The number of carbonyl (C=O) groups excluding carboxylic acids is 1. The van der Waals surface area contributed by atoms with Gasteiger partial charge in [-0.2, -0.15) is 0 Å². The highest BCUT2D eigenvalue weighted by molar-refractivity contribution is 5.53. The highest BCUT2D eigenvalue weighted by Gasteiger charge is 2.21. The van der Waals surface area contributed by atoms with E-state index in [1.807, 2.05) is 0 Å².